The van der Waals surface area contributed by atoms with Crippen LogP contribution in [0.3, 0.4) is 0 Å². The van der Waals surface area contributed by atoms with E-state index >= 15 is 0 Å². The lowest BCUT2D eigenvalue weighted by Gasteiger charge is -2.30. The Bertz CT molecular complexity index is 510. The highest BCUT2D eigenvalue weighted by Crippen LogP contribution is 2.17. The van der Waals surface area contributed by atoms with Gasteiger partial charge in [0.15, 0.2) is 0 Å². The summed E-state index contributed by atoms with van der Waals surface area (Å²) < 4.78 is 0. The van der Waals surface area contributed by atoms with Gasteiger partial charge in [-0.05, 0) is 44.1 Å². The van der Waals surface area contributed by atoms with Crippen molar-refractivity contribution in [3.05, 3.63) is 24.3 Å². The third-order valence-electron chi connectivity index (χ3n) is 3.82. The zero-order valence-electron chi connectivity index (χ0n) is 12.0. The molecule has 0 spiro atoms. The van der Waals surface area contributed by atoms with Gasteiger partial charge in [0, 0.05) is 30.3 Å². The summed E-state index contributed by atoms with van der Waals surface area (Å²) in [5.74, 6) is -0.256. The van der Waals surface area contributed by atoms with E-state index in [1.165, 1.54) is 0 Å². The van der Waals surface area contributed by atoms with E-state index in [4.69, 9.17) is 11.5 Å². The van der Waals surface area contributed by atoms with Crippen LogP contribution in [0.5, 0.6) is 0 Å². The van der Waals surface area contributed by atoms with Crippen LogP contribution in [0.2, 0.25) is 0 Å². The van der Waals surface area contributed by atoms with Crippen LogP contribution in [0.1, 0.15) is 19.3 Å². The van der Waals surface area contributed by atoms with Crippen molar-refractivity contribution in [3.63, 3.8) is 0 Å². The van der Waals surface area contributed by atoms with E-state index in [9.17, 15) is 9.59 Å². The average molecular weight is 290 g/mol. The molecule has 114 valence electrons. The Morgan fingerprint density at radius 3 is 2.62 bits per heavy atom. The Labute approximate surface area is 124 Å². The zero-order chi connectivity index (χ0) is 15.2. The fraction of sp³-hybridized carbons (Fsp3) is 0.467. The van der Waals surface area contributed by atoms with Gasteiger partial charge < -0.3 is 21.7 Å². The number of amides is 2. The van der Waals surface area contributed by atoms with E-state index in [1.54, 1.807) is 18.2 Å². The number of primary amides is 1. The molecule has 0 radical (unpaired) electrons. The van der Waals surface area contributed by atoms with Crippen molar-refractivity contribution < 1.29 is 9.59 Å². The van der Waals surface area contributed by atoms with Crippen LogP contribution in [0.25, 0.3) is 0 Å². The van der Waals surface area contributed by atoms with Crippen LogP contribution in [0, 0.1) is 5.92 Å². The zero-order valence-corrected chi connectivity index (χ0v) is 12.0. The number of nitrogens with zero attached hydrogens (tertiary/aromatic N) is 1. The molecule has 1 aliphatic rings. The number of nitrogen functional groups attached to an aromatic ring is 1. The second-order valence-electron chi connectivity index (χ2n) is 5.44. The summed E-state index contributed by atoms with van der Waals surface area (Å²) in [7, 11) is 0. The van der Waals surface area contributed by atoms with E-state index in [2.05, 4.69) is 10.2 Å². The highest BCUT2D eigenvalue weighted by molar-refractivity contribution is 5.91. The third kappa shape index (κ3) is 4.75. The van der Waals surface area contributed by atoms with Crippen LogP contribution in [0.4, 0.5) is 11.4 Å². The topological polar surface area (TPSA) is 101 Å². The first-order valence-corrected chi connectivity index (χ1v) is 7.21. The van der Waals surface area contributed by atoms with E-state index in [-0.39, 0.29) is 17.7 Å². The molecule has 2 rings (SSSR count). The van der Waals surface area contributed by atoms with E-state index in [0.717, 1.165) is 25.9 Å². The predicted molar refractivity (Wildman–Crippen MR) is 82.5 cm³/mol. The molecule has 0 aliphatic carbocycles. The molecule has 0 bridgehead atoms. The van der Waals surface area contributed by atoms with Gasteiger partial charge in [0.1, 0.15) is 0 Å². The summed E-state index contributed by atoms with van der Waals surface area (Å²) >= 11 is 0. The number of nitrogens with two attached hydrogens (primary N) is 2. The number of hydrogen-bond donors (Lipinski definition) is 3. The van der Waals surface area contributed by atoms with Crippen molar-refractivity contribution in [1.29, 1.82) is 0 Å². The minimum Gasteiger partial charge on any atom is -0.399 e. The van der Waals surface area contributed by atoms with Crippen LogP contribution >= 0.6 is 0 Å². The van der Waals surface area contributed by atoms with Crippen molar-refractivity contribution in [2.75, 3.05) is 30.7 Å². The van der Waals surface area contributed by atoms with Crippen LogP contribution in [-0.2, 0) is 9.59 Å². The first-order valence-electron chi connectivity index (χ1n) is 7.21. The summed E-state index contributed by atoms with van der Waals surface area (Å²) in [6, 6.07) is 7.13. The molecule has 0 saturated carbocycles. The monoisotopic (exact) mass is 290 g/mol. The molecule has 1 heterocycles. The van der Waals surface area contributed by atoms with Gasteiger partial charge in [0.25, 0.3) is 0 Å². The lowest BCUT2D eigenvalue weighted by molar-refractivity contribution is -0.123. The molecule has 1 aliphatic heterocycles. The first-order chi connectivity index (χ1) is 10.0. The fourth-order valence-electron chi connectivity index (χ4n) is 2.54. The van der Waals surface area contributed by atoms with Crippen molar-refractivity contribution in [2.24, 2.45) is 11.7 Å². The van der Waals surface area contributed by atoms with Crippen molar-refractivity contribution in [3.8, 4) is 0 Å². The van der Waals surface area contributed by atoms with Crippen molar-refractivity contribution >= 4 is 23.2 Å². The Morgan fingerprint density at radius 2 is 2.00 bits per heavy atom. The molecule has 1 aromatic carbocycles. The third-order valence-corrected chi connectivity index (χ3v) is 3.82. The number of likely N-dealkylation sites (tertiary alicyclic amines) is 1. The van der Waals surface area contributed by atoms with Gasteiger partial charge in [-0.3, -0.25) is 9.59 Å². The molecule has 1 fully saturated rings. The van der Waals surface area contributed by atoms with Gasteiger partial charge in [-0.25, -0.2) is 0 Å². The molecular weight excluding hydrogens is 268 g/mol. The molecule has 0 atom stereocenters. The predicted octanol–water partition coefficient (Wildman–Crippen LogP) is 0.795. The van der Waals surface area contributed by atoms with Crippen LogP contribution in [0.15, 0.2) is 24.3 Å². The number of benzene rings is 1. The Morgan fingerprint density at radius 1 is 1.29 bits per heavy atom. The van der Waals surface area contributed by atoms with E-state index in [1.807, 2.05) is 6.07 Å². The lowest BCUT2D eigenvalue weighted by Crippen LogP contribution is -2.39. The summed E-state index contributed by atoms with van der Waals surface area (Å²) in [4.78, 5) is 25.2. The van der Waals surface area contributed by atoms with Crippen molar-refractivity contribution in [1.82, 2.24) is 4.90 Å². The van der Waals surface area contributed by atoms with Gasteiger partial charge in [0.05, 0.1) is 0 Å². The normalized spacial score (nSPS) is 16.6. The number of rotatable bonds is 5. The standard InChI is InChI=1S/C15H22N4O2/c16-12-2-1-3-13(10-12)18-14(20)6-9-19-7-4-11(5-8-19)15(17)21/h1-3,10-11H,4-9,16H2,(H2,17,21)(H,18,20). The number of anilines is 2. The molecule has 0 unspecified atom stereocenters. The Hall–Kier alpha value is -2.08. The second kappa shape index (κ2) is 7.08. The molecule has 0 aromatic heterocycles. The average Bonchev–Trinajstić information content (AvgIpc) is 2.45. The van der Waals surface area contributed by atoms with E-state index in [0.29, 0.717) is 24.3 Å². The van der Waals surface area contributed by atoms with Gasteiger partial charge in [-0.2, -0.15) is 0 Å². The highest BCUT2D eigenvalue weighted by Gasteiger charge is 2.23. The Balaban J connectivity index is 1.71. The quantitative estimate of drug-likeness (QED) is 0.698. The van der Waals surface area contributed by atoms with Gasteiger partial charge in [-0.1, -0.05) is 6.07 Å². The van der Waals surface area contributed by atoms with Gasteiger partial charge in [-0.15, -0.1) is 0 Å². The number of piperidine rings is 1. The molecule has 2 amide bonds. The van der Waals surface area contributed by atoms with E-state index < -0.39 is 0 Å². The molecule has 6 heteroatoms. The summed E-state index contributed by atoms with van der Waals surface area (Å²) in [6.45, 7) is 2.33. The summed E-state index contributed by atoms with van der Waals surface area (Å²) in [6.07, 6.45) is 1.99. The number of nitrogens with one attached hydrogen (secondary N) is 1. The number of hydrogen-bond acceptors (Lipinski definition) is 4. The Kier molecular flexibility index (Phi) is 5.16. The smallest absolute Gasteiger partial charge is 0.225 e. The maximum Gasteiger partial charge on any atom is 0.225 e. The minimum absolute atomic E-state index is 0.0117. The van der Waals surface area contributed by atoms with Gasteiger partial charge in [0.2, 0.25) is 11.8 Å². The highest BCUT2D eigenvalue weighted by atomic mass is 16.2. The molecular formula is C15H22N4O2. The lowest BCUT2D eigenvalue weighted by atomic mass is 9.96. The maximum atomic E-state index is 11.9. The fourth-order valence-corrected chi connectivity index (χ4v) is 2.54. The second-order valence-corrected chi connectivity index (χ2v) is 5.44. The molecule has 5 N–H and O–H groups in total. The SMILES string of the molecule is NC(=O)C1CCN(CCC(=O)Nc2cccc(N)c2)CC1. The van der Waals surface area contributed by atoms with Crippen LogP contribution < -0.4 is 16.8 Å². The van der Waals surface area contributed by atoms with Gasteiger partial charge >= 0.3 is 0 Å². The molecule has 6 nitrogen and oxygen atoms in total. The largest absolute Gasteiger partial charge is 0.399 e. The van der Waals surface area contributed by atoms with Crippen molar-refractivity contribution in [2.45, 2.75) is 19.3 Å². The summed E-state index contributed by atoms with van der Waals surface area (Å²) in [5.41, 5.74) is 12.3. The molecule has 1 saturated heterocycles. The summed E-state index contributed by atoms with van der Waals surface area (Å²) in [5, 5.41) is 2.83. The molecule has 1 aromatic rings. The minimum atomic E-state index is -0.214. The number of carbonyl (C=O) groups is 2. The molecule has 21 heavy (non-hydrogen) atoms. The van der Waals surface area contributed by atoms with Crippen LogP contribution in [-0.4, -0.2) is 36.3 Å². The number of carbonyl (C=O) groups excluding carboxylic acids is 2. The first kappa shape index (κ1) is 15.3. The maximum absolute atomic E-state index is 11.9.